The predicted octanol–water partition coefficient (Wildman–Crippen LogP) is -0.237. The van der Waals surface area contributed by atoms with Crippen molar-refractivity contribution in [3.8, 4) is 0 Å². The highest BCUT2D eigenvalue weighted by Gasteiger charge is 2.37. The molecule has 1 heterocycles. The van der Waals surface area contributed by atoms with Crippen LogP contribution < -0.4 is 15.8 Å². The Morgan fingerprint density at radius 2 is 2.12 bits per heavy atom. The summed E-state index contributed by atoms with van der Waals surface area (Å²) < 4.78 is 28.7. The predicted molar refractivity (Wildman–Crippen MR) is 93.2 cm³/mol. The van der Waals surface area contributed by atoms with E-state index in [2.05, 4.69) is 4.90 Å². The van der Waals surface area contributed by atoms with Gasteiger partial charge >= 0.3 is 0 Å². The second-order valence-corrected chi connectivity index (χ2v) is 7.82. The minimum absolute atomic E-state index is 0.0162. The number of benzene rings is 1. The van der Waals surface area contributed by atoms with Crippen molar-refractivity contribution in [1.82, 2.24) is 4.90 Å². The first-order valence-corrected chi connectivity index (χ1v) is 9.53. The van der Waals surface area contributed by atoms with Crippen LogP contribution in [-0.2, 0) is 14.8 Å². The highest BCUT2D eigenvalue weighted by molar-refractivity contribution is 7.89. The number of nitrogens with one attached hydrogen (secondary N) is 1. The second kappa shape index (κ2) is 6.79. The van der Waals surface area contributed by atoms with E-state index in [9.17, 15) is 18.5 Å². The molecule has 142 valence electrons. The van der Waals surface area contributed by atoms with E-state index in [0.29, 0.717) is 19.2 Å². The van der Waals surface area contributed by atoms with Crippen LogP contribution in [0.4, 0.5) is 11.4 Å². The molecule has 1 unspecified atom stereocenters. The Labute approximate surface area is 150 Å². The maximum absolute atomic E-state index is 11.5. The smallest absolute Gasteiger partial charge is 0.294 e. The first-order chi connectivity index (χ1) is 12.2. The summed E-state index contributed by atoms with van der Waals surface area (Å²) in [5.41, 5.74) is 5.14. The molecule has 0 bridgehead atoms. The van der Waals surface area contributed by atoms with Crippen molar-refractivity contribution < 1.29 is 18.1 Å². The number of primary sulfonamides is 1. The molecule has 26 heavy (non-hydrogen) atoms. The van der Waals surface area contributed by atoms with Gasteiger partial charge in [-0.3, -0.25) is 25.3 Å². The number of nitro benzene ring substituents is 1. The highest BCUT2D eigenvalue weighted by Crippen LogP contribution is 2.34. The molecule has 0 aromatic heterocycles. The van der Waals surface area contributed by atoms with Crippen molar-refractivity contribution in [2.24, 2.45) is 10.9 Å². The fraction of sp³-hybridized carbons (Fsp3) is 0.500. The number of guanidine groups is 1. The molecule has 1 aromatic carbocycles. The van der Waals surface area contributed by atoms with E-state index in [1.807, 2.05) is 0 Å². The van der Waals surface area contributed by atoms with Gasteiger partial charge in [0.25, 0.3) is 5.69 Å². The molecular weight excluding hydrogens is 364 g/mol. The number of ether oxygens (including phenoxy) is 1. The van der Waals surface area contributed by atoms with Crippen LogP contribution in [0, 0.1) is 15.5 Å². The summed E-state index contributed by atoms with van der Waals surface area (Å²) in [6.45, 7) is 1.60. The van der Waals surface area contributed by atoms with Gasteiger partial charge in [0.05, 0.1) is 16.4 Å². The standard InChI is InChI=1S/C14H20N6O5S/c15-14(16)19(13-8-18(5-6-25-13)9-1-2-9)11-4-3-10(26(17,23)24)7-12(11)20(21)22/h3-4,7,9,13H,1-2,5-6,8H2,(H3,15,16)(H2,17,23,24). The SMILES string of the molecule is N=C(N)N(c1ccc(S(N)(=O)=O)cc1[N+](=O)[O-])C1CN(C2CC2)CCO1. The van der Waals surface area contributed by atoms with Crippen molar-refractivity contribution >= 4 is 27.4 Å². The van der Waals surface area contributed by atoms with Crippen LogP contribution in [0.1, 0.15) is 12.8 Å². The number of hydrogen-bond acceptors (Lipinski definition) is 7. The van der Waals surface area contributed by atoms with Gasteiger partial charge in [0.2, 0.25) is 10.0 Å². The van der Waals surface area contributed by atoms with Crippen LogP contribution in [0.5, 0.6) is 0 Å². The van der Waals surface area contributed by atoms with E-state index < -0.39 is 32.8 Å². The highest BCUT2D eigenvalue weighted by atomic mass is 32.2. The van der Waals surface area contributed by atoms with Crippen molar-refractivity contribution in [3.63, 3.8) is 0 Å². The summed E-state index contributed by atoms with van der Waals surface area (Å²) in [5.74, 6) is -0.431. The Morgan fingerprint density at radius 1 is 1.42 bits per heavy atom. The molecule has 0 spiro atoms. The molecule has 1 saturated heterocycles. The summed E-state index contributed by atoms with van der Waals surface area (Å²) >= 11 is 0. The van der Waals surface area contributed by atoms with Gasteiger partial charge in [0, 0.05) is 25.2 Å². The third-order valence-electron chi connectivity index (χ3n) is 4.42. The van der Waals surface area contributed by atoms with Gasteiger partial charge in [-0.25, -0.2) is 13.6 Å². The van der Waals surface area contributed by atoms with Crippen molar-refractivity contribution in [2.75, 3.05) is 24.6 Å². The number of rotatable bonds is 5. The molecule has 11 nitrogen and oxygen atoms in total. The van der Waals surface area contributed by atoms with Gasteiger partial charge in [-0.05, 0) is 25.0 Å². The molecule has 3 rings (SSSR count). The lowest BCUT2D eigenvalue weighted by atomic mass is 10.2. The van der Waals surface area contributed by atoms with Crippen molar-refractivity contribution in [3.05, 3.63) is 28.3 Å². The maximum atomic E-state index is 11.5. The summed E-state index contributed by atoms with van der Waals surface area (Å²) in [7, 11) is -4.11. The summed E-state index contributed by atoms with van der Waals surface area (Å²) in [4.78, 5) is 13.8. The van der Waals surface area contributed by atoms with E-state index >= 15 is 0 Å². The monoisotopic (exact) mass is 384 g/mol. The third kappa shape index (κ3) is 3.77. The number of sulfonamides is 1. The lowest BCUT2D eigenvalue weighted by Gasteiger charge is -2.39. The summed E-state index contributed by atoms with van der Waals surface area (Å²) in [6, 6.07) is 3.70. The average molecular weight is 384 g/mol. The lowest BCUT2D eigenvalue weighted by molar-refractivity contribution is -0.384. The number of morpholine rings is 1. The first-order valence-electron chi connectivity index (χ1n) is 7.98. The number of nitrogens with two attached hydrogens (primary N) is 2. The molecule has 1 aliphatic heterocycles. The lowest BCUT2D eigenvalue weighted by Crippen LogP contribution is -2.55. The van der Waals surface area contributed by atoms with Gasteiger partial charge in [-0.1, -0.05) is 0 Å². The third-order valence-corrected chi connectivity index (χ3v) is 5.33. The van der Waals surface area contributed by atoms with Crippen LogP contribution in [0.2, 0.25) is 0 Å². The minimum atomic E-state index is -4.11. The van der Waals surface area contributed by atoms with Gasteiger partial charge in [0.15, 0.2) is 5.96 Å². The molecule has 1 aliphatic carbocycles. The zero-order valence-corrected chi connectivity index (χ0v) is 14.7. The fourth-order valence-corrected chi connectivity index (χ4v) is 3.58. The Morgan fingerprint density at radius 3 is 2.65 bits per heavy atom. The Balaban J connectivity index is 1.99. The molecule has 2 fully saturated rings. The summed E-state index contributed by atoms with van der Waals surface area (Å²) in [6.07, 6.45) is 1.51. The van der Waals surface area contributed by atoms with Gasteiger partial charge in [-0.2, -0.15) is 0 Å². The molecule has 0 amide bonds. The van der Waals surface area contributed by atoms with Gasteiger partial charge in [-0.15, -0.1) is 0 Å². The number of nitrogens with zero attached hydrogens (tertiary/aromatic N) is 3. The average Bonchev–Trinajstić information content (AvgIpc) is 3.39. The van der Waals surface area contributed by atoms with Crippen LogP contribution in [0.3, 0.4) is 0 Å². The zero-order chi connectivity index (χ0) is 19.1. The molecule has 0 radical (unpaired) electrons. The van der Waals surface area contributed by atoms with Crippen LogP contribution >= 0.6 is 0 Å². The fourth-order valence-electron chi connectivity index (χ4n) is 3.05. The van der Waals surface area contributed by atoms with Crippen LogP contribution in [-0.4, -0.2) is 56.2 Å². The van der Waals surface area contributed by atoms with E-state index in [0.717, 1.165) is 31.5 Å². The molecule has 2 aliphatic rings. The number of hydrogen-bond donors (Lipinski definition) is 3. The van der Waals surface area contributed by atoms with E-state index in [1.54, 1.807) is 0 Å². The second-order valence-electron chi connectivity index (χ2n) is 6.26. The van der Waals surface area contributed by atoms with E-state index in [4.69, 9.17) is 21.0 Å². The quantitative estimate of drug-likeness (QED) is 0.270. The van der Waals surface area contributed by atoms with Crippen LogP contribution in [0.25, 0.3) is 0 Å². The maximum Gasteiger partial charge on any atom is 0.294 e. The van der Waals surface area contributed by atoms with E-state index in [1.165, 1.54) is 11.0 Å². The van der Waals surface area contributed by atoms with E-state index in [-0.39, 0.29) is 10.6 Å². The number of anilines is 1. The van der Waals surface area contributed by atoms with Gasteiger partial charge in [0.1, 0.15) is 11.9 Å². The molecular formula is C14H20N6O5S. The normalized spacial score (nSPS) is 21.3. The van der Waals surface area contributed by atoms with Gasteiger partial charge < -0.3 is 10.5 Å². The molecule has 5 N–H and O–H groups in total. The topological polar surface area (TPSA) is 169 Å². The first kappa shape index (κ1) is 18.5. The molecule has 1 aromatic rings. The summed E-state index contributed by atoms with van der Waals surface area (Å²) in [5, 5.41) is 24.4. The molecule has 1 saturated carbocycles. The minimum Gasteiger partial charge on any atom is -0.370 e. The molecule has 12 heteroatoms. The van der Waals surface area contributed by atoms with Crippen molar-refractivity contribution in [1.29, 1.82) is 5.41 Å². The Kier molecular flexibility index (Phi) is 4.84. The largest absolute Gasteiger partial charge is 0.370 e. The Hall–Kier alpha value is -2.28. The molecule has 1 atom stereocenters. The van der Waals surface area contributed by atoms with Crippen LogP contribution in [0.15, 0.2) is 23.1 Å². The number of nitro groups is 1. The Bertz CT molecular complexity index is 840. The zero-order valence-electron chi connectivity index (χ0n) is 13.9. The van der Waals surface area contributed by atoms with Crippen molar-refractivity contribution in [2.45, 2.75) is 30.0 Å².